The lowest BCUT2D eigenvalue weighted by Crippen LogP contribution is -2.25. The van der Waals surface area contributed by atoms with E-state index in [-0.39, 0.29) is 5.92 Å². The summed E-state index contributed by atoms with van der Waals surface area (Å²) in [5, 5.41) is 13.5. The predicted molar refractivity (Wildman–Crippen MR) is 96.6 cm³/mol. The fraction of sp³-hybridized carbons (Fsp3) is 0.238. The Kier molecular flexibility index (Phi) is 4.75. The molecule has 0 amide bonds. The van der Waals surface area contributed by atoms with Crippen molar-refractivity contribution in [1.82, 2.24) is 4.90 Å². The van der Waals surface area contributed by atoms with Crippen LogP contribution in [0.2, 0.25) is 0 Å². The van der Waals surface area contributed by atoms with Crippen LogP contribution in [0.3, 0.4) is 0 Å². The third-order valence-electron chi connectivity index (χ3n) is 4.31. The van der Waals surface area contributed by atoms with Crippen molar-refractivity contribution < 1.29 is 5.11 Å². The number of hydrogen-bond donors (Lipinski definition) is 1. The van der Waals surface area contributed by atoms with Gasteiger partial charge in [-0.05, 0) is 36.0 Å². The van der Waals surface area contributed by atoms with Crippen molar-refractivity contribution in [3.05, 3.63) is 83.9 Å². The molecule has 0 fully saturated rings. The maximum absolute atomic E-state index is 11.0. The monoisotopic (exact) mass is 305 g/mol. The summed E-state index contributed by atoms with van der Waals surface area (Å²) in [4.78, 5) is 2.14. The van der Waals surface area contributed by atoms with Crippen LogP contribution in [0.1, 0.15) is 23.1 Å². The minimum atomic E-state index is -0.524. The van der Waals surface area contributed by atoms with E-state index in [1.165, 1.54) is 16.3 Å². The maximum Gasteiger partial charge on any atom is 0.0871 e. The highest BCUT2D eigenvalue weighted by Crippen LogP contribution is 2.35. The molecule has 3 aromatic carbocycles. The van der Waals surface area contributed by atoms with E-state index in [4.69, 9.17) is 0 Å². The van der Waals surface area contributed by atoms with E-state index in [0.717, 1.165) is 12.1 Å². The minimum absolute atomic E-state index is 0.0264. The molecule has 0 aliphatic heterocycles. The predicted octanol–water partition coefficient (Wildman–Crippen LogP) is 4.22. The molecular formula is C21H23NO. The lowest BCUT2D eigenvalue weighted by atomic mass is 9.86. The zero-order valence-corrected chi connectivity index (χ0v) is 13.7. The molecular weight excluding hydrogens is 282 g/mol. The Morgan fingerprint density at radius 3 is 2.22 bits per heavy atom. The molecule has 118 valence electrons. The molecule has 2 nitrogen and oxygen atoms in total. The highest BCUT2D eigenvalue weighted by Gasteiger charge is 2.24. The summed E-state index contributed by atoms with van der Waals surface area (Å²) in [6.45, 7) is 0.796. The molecule has 0 saturated heterocycles. The number of fused-ring (bicyclic) bond motifs is 1. The fourth-order valence-corrected chi connectivity index (χ4v) is 3.22. The second-order valence-electron chi connectivity index (χ2n) is 6.29. The van der Waals surface area contributed by atoms with Gasteiger partial charge in [0.25, 0.3) is 0 Å². The van der Waals surface area contributed by atoms with Crippen molar-refractivity contribution in [2.45, 2.75) is 12.0 Å². The van der Waals surface area contributed by atoms with Crippen LogP contribution in [0, 0.1) is 0 Å². The fourth-order valence-electron chi connectivity index (χ4n) is 3.22. The van der Waals surface area contributed by atoms with Gasteiger partial charge < -0.3 is 10.0 Å². The molecule has 0 radical (unpaired) electrons. The summed E-state index contributed by atoms with van der Waals surface area (Å²) in [6.07, 6.45) is -0.524. The molecule has 3 aromatic rings. The summed E-state index contributed by atoms with van der Waals surface area (Å²) in [7, 11) is 4.10. The molecule has 1 N–H and O–H groups in total. The lowest BCUT2D eigenvalue weighted by Gasteiger charge is -2.28. The smallest absolute Gasteiger partial charge is 0.0871 e. The second-order valence-corrected chi connectivity index (χ2v) is 6.29. The third kappa shape index (κ3) is 3.44. The van der Waals surface area contributed by atoms with Crippen LogP contribution in [0.5, 0.6) is 0 Å². The summed E-state index contributed by atoms with van der Waals surface area (Å²) in [5.74, 6) is 0.0264. The number of hydrogen-bond acceptors (Lipinski definition) is 2. The quantitative estimate of drug-likeness (QED) is 0.763. The molecule has 23 heavy (non-hydrogen) atoms. The van der Waals surface area contributed by atoms with Crippen molar-refractivity contribution in [2.75, 3.05) is 20.6 Å². The number of likely N-dealkylation sites (N-methyl/N-ethyl adjacent to an activating group) is 1. The summed E-state index contributed by atoms with van der Waals surface area (Å²) in [6, 6.07) is 24.7. The Hall–Kier alpha value is -2.16. The molecule has 3 rings (SSSR count). The van der Waals surface area contributed by atoms with Gasteiger partial charge in [-0.2, -0.15) is 0 Å². The first-order valence-electron chi connectivity index (χ1n) is 8.02. The van der Waals surface area contributed by atoms with Crippen molar-refractivity contribution >= 4 is 10.8 Å². The molecule has 0 bridgehead atoms. The van der Waals surface area contributed by atoms with Gasteiger partial charge in [-0.3, -0.25) is 0 Å². The van der Waals surface area contributed by atoms with Crippen molar-refractivity contribution in [1.29, 1.82) is 0 Å². The first kappa shape index (κ1) is 15.7. The molecule has 0 spiro atoms. The van der Waals surface area contributed by atoms with Gasteiger partial charge >= 0.3 is 0 Å². The first-order chi connectivity index (χ1) is 11.2. The van der Waals surface area contributed by atoms with Crippen molar-refractivity contribution in [3.63, 3.8) is 0 Å². The third-order valence-corrected chi connectivity index (χ3v) is 4.31. The normalized spacial score (nSPS) is 14.1. The van der Waals surface area contributed by atoms with Crippen LogP contribution in [0.25, 0.3) is 10.8 Å². The molecule has 0 saturated carbocycles. The van der Waals surface area contributed by atoms with Crippen molar-refractivity contribution in [3.8, 4) is 0 Å². The molecule has 2 heteroatoms. The Labute approximate surface area is 138 Å². The van der Waals surface area contributed by atoms with E-state index in [1.54, 1.807) is 0 Å². The van der Waals surface area contributed by atoms with Gasteiger partial charge in [-0.1, -0.05) is 72.8 Å². The van der Waals surface area contributed by atoms with E-state index in [9.17, 15) is 5.11 Å². The summed E-state index contributed by atoms with van der Waals surface area (Å²) in [5.41, 5.74) is 2.17. The van der Waals surface area contributed by atoms with Crippen LogP contribution in [-0.4, -0.2) is 30.6 Å². The SMILES string of the molecule is CN(C)C[C@@H](c1cccc2ccccc12)[C@@H](O)c1ccccc1. The van der Waals surface area contributed by atoms with Gasteiger partial charge in [-0.15, -0.1) is 0 Å². The van der Waals surface area contributed by atoms with Crippen molar-refractivity contribution in [2.24, 2.45) is 0 Å². The van der Waals surface area contributed by atoms with E-state index < -0.39 is 6.10 Å². The molecule has 0 aliphatic rings. The highest BCUT2D eigenvalue weighted by molar-refractivity contribution is 5.86. The number of benzene rings is 3. The number of aliphatic hydroxyl groups excluding tert-OH is 1. The van der Waals surface area contributed by atoms with E-state index in [1.807, 2.05) is 30.3 Å². The number of nitrogens with zero attached hydrogens (tertiary/aromatic N) is 1. The van der Waals surface area contributed by atoms with Gasteiger partial charge in [-0.25, -0.2) is 0 Å². The van der Waals surface area contributed by atoms with Gasteiger partial charge in [0, 0.05) is 12.5 Å². The Bertz CT molecular complexity index is 762. The van der Waals surface area contributed by atoms with E-state index >= 15 is 0 Å². The Balaban J connectivity index is 2.08. The van der Waals surface area contributed by atoms with Crippen LogP contribution in [0.4, 0.5) is 0 Å². The molecule has 0 heterocycles. The van der Waals surface area contributed by atoms with Crippen LogP contribution < -0.4 is 0 Å². The Morgan fingerprint density at radius 2 is 1.48 bits per heavy atom. The van der Waals surface area contributed by atoms with Gasteiger partial charge in [0.15, 0.2) is 0 Å². The zero-order chi connectivity index (χ0) is 16.2. The molecule has 0 unspecified atom stereocenters. The number of aliphatic hydroxyl groups is 1. The van der Waals surface area contributed by atoms with Crippen LogP contribution in [-0.2, 0) is 0 Å². The maximum atomic E-state index is 11.0. The summed E-state index contributed by atoms with van der Waals surface area (Å²) >= 11 is 0. The van der Waals surface area contributed by atoms with Gasteiger partial charge in [0.1, 0.15) is 0 Å². The topological polar surface area (TPSA) is 23.5 Å². The van der Waals surface area contributed by atoms with Gasteiger partial charge in [0.05, 0.1) is 6.10 Å². The molecule has 2 atom stereocenters. The highest BCUT2D eigenvalue weighted by atomic mass is 16.3. The number of rotatable bonds is 5. The average Bonchev–Trinajstić information content (AvgIpc) is 2.59. The molecule has 0 aromatic heterocycles. The lowest BCUT2D eigenvalue weighted by molar-refractivity contribution is 0.129. The molecule has 0 aliphatic carbocycles. The van der Waals surface area contributed by atoms with Crippen LogP contribution in [0.15, 0.2) is 72.8 Å². The Morgan fingerprint density at radius 1 is 0.826 bits per heavy atom. The largest absolute Gasteiger partial charge is 0.388 e. The van der Waals surface area contributed by atoms with Crippen LogP contribution >= 0.6 is 0 Å². The van der Waals surface area contributed by atoms with E-state index in [0.29, 0.717) is 0 Å². The minimum Gasteiger partial charge on any atom is -0.388 e. The first-order valence-corrected chi connectivity index (χ1v) is 8.02. The average molecular weight is 305 g/mol. The zero-order valence-electron chi connectivity index (χ0n) is 13.7. The summed E-state index contributed by atoms with van der Waals surface area (Å²) < 4.78 is 0. The standard InChI is InChI=1S/C21H23NO/c1-22(2)15-20(21(23)17-10-4-3-5-11-17)19-14-8-12-16-9-6-7-13-18(16)19/h3-14,20-21,23H,15H2,1-2H3/t20-,21-/m0/s1. The van der Waals surface area contributed by atoms with E-state index in [2.05, 4.69) is 61.5 Å². The second kappa shape index (κ2) is 6.95. The van der Waals surface area contributed by atoms with Gasteiger partial charge in [0.2, 0.25) is 0 Å².